The minimum atomic E-state index is 0.226. The molecule has 1 aromatic rings. The summed E-state index contributed by atoms with van der Waals surface area (Å²) in [4.78, 5) is 14.9. The van der Waals surface area contributed by atoms with Crippen molar-refractivity contribution >= 4 is 23.5 Å². The Morgan fingerprint density at radius 3 is 2.70 bits per heavy atom. The average molecular weight is 300 g/mol. The Morgan fingerprint density at radius 1 is 1.30 bits per heavy atom. The van der Waals surface area contributed by atoms with Crippen LogP contribution in [0.2, 0.25) is 5.28 Å². The normalized spacial score (nSPS) is 22.6. The van der Waals surface area contributed by atoms with Crippen molar-refractivity contribution in [3.63, 3.8) is 0 Å². The Balaban J connectivity index is 2.11. The quantitative estimate of drug-likeness (QED) is 0.900. The first-order chi connectivity index (χ1) is 9.62. The molecule has 2 heterocycles. The fourth-order valence-electron chi connectivity index (χ4n) is 2.36. The van der Waals surface area contributed by atoms with Crippen molar-refractivity contribution in [2.24, 2.45) is 0 Å². The zero-order chi connectivity index (χ0) is 14.5. The zero-order valence-corrected chi connectivity index (χ0v) is 13.0. The molecule has 1 fully saturated rings. The molecule has 112 valence electrons. The van der Waals surface area contributed by atoms with Crippen LogP contribution in [0, 0.1) is 0 Å². The van der Waals surface area contributed by atoms with E-state index in [2.05, 4.69) is 41.0 Å². The highest BCUT2D eigenvalue weighted by molar-refractivity contribution is 6.28. The summed E-state index contributed by atoms with van der Waals surface area (Å²) in [6.07, 6.45) is 2.17. The summed E-state index contributed by atoms with van der Waals surface area (Å²) in [5, 5.41) is 3.57. The highest BCUT2D eigenvalue weighted by atomic mass is 35.5. The molecule has 2 unspecified atom stereocenters. The van der Waals surface area contributed by atoms with E-state index >= 15 is 0 Å². The van der Waals surface area contributed by atoms with Crippen LogP contribution in [0.4, 0.5) is 11.9 Å². The van der Waals surface area contributed by atoms with E-state index in [4.69, 9.17) is 16.3 Å². The Bertz CT molecular complexity index is 441. The third-order valence-electron chi connectivity index (χ3n) is 3.46. The first-order valence-electron chi connectivity index (χ1n) is 7.17. The number of nitrogens with zero attached hydrogens (tertiary/aromatic N) is 4. The summed E-state index contributed by atoms with van der Waals surface area (Å²) in [5.74, 6) is 1.17. The first-order valence-corrected chi connectivity index (χ1v) is 7.54. The monoisotopic (exact) mass is 299 g/mol. The lowest BCUT2D eigenvalue weighted by Crippen LogP contribution is -2.33. The maximum atomic E-state index is 6.00. The van der Waals surface area contributed by atoms with Gasteiger partial charge in [-0.05, 0) is 45.2 Å². The number of halogens is 1. The number of aromatic nitrogens is 3. The summed E-state index contributed by atoms with van der Waals surface area (Å²) >= 11 is 6.00. The molecule has 0 saturated carbocycles. The molecule has 20 heavy (non-hydrogen) atoms. The number of hydrogen-bond acceptors (Lipinski definition) is 6. The van der Waals surface area contributed by atoms with Crippen molar-refractivity contribution in [2.75, 3.05) is 29.9 Å². The summed E-state index contributed by atoms with van der Waals surface area (Å²) in [7, 11) is 0. The van der Waals surface area contributed by atoms with E-state index in [0.29, 0.717) is 17.9 Å². The van der Waals surface area contributed by atoms with E-state index < -0.39 is 0 Å². The van der Waals surface area contributed by atoms with Crippen molar-refractivity contribution in [1.82, 2.24) is 15.0 Å². The fraction of sp³-hybridized carbons (Fsp3) is 0.769. The lowest BCUT2D eigenvalue weighted by Gasteiger charge is -2.28. The Kier molecular flexibility index (Phi) is 5.37. The fourth-order valence-corrected chi connectivity index (χ4v) is 2.52. The summed E-state index contributed by atoms with van der Waals surface area (Å²) in [6.45, 7) is 8.65. The zero-order valence-electron chi connectivity index (χ0n) is 12.3. The van der Waals surface area contributed by atoms with Gasteiger partial charge in [0.25, 0.3) is 0 Å². The highest BCUT2D eigenvalue weighted by Gasteiger charge is 2.20. The van der Waals surface area contributed by atoms with Gasteiger partial charge in [-0.2, -0.15) is 15.0 Å². The van der Waals surface area contributed by atoms with Crippen molar-refractivity contribution < 1.29 is 4.74 Å². The third-order valence-corrected chi connectivity index (χ3v) is 3.63. The van der Waals surface area contributed by atoms with Gasteiger partial charge in [-0.15, -0.1) is 0 Å². The van der Waals surface area contributed by atoms with Crippen LogP contribution in [0.15, 0.2) is 0 Å². The van der Waals surface area contributed by atoms with Gasteiger partial charge in [-0.3, -0.25) is 0 Å². The largest absolute Gasteiger partial charge is 0.378 e. The van der Waals surface area contributed by atoms with Gasteiger partial charge in [0.05, 0.1) is 6.10 Å². The molecule has 1 aliphatic heterocycles. The van der Waals surface area contributed by atoms with Crippen molar-refractivity contribution in [3.05, 3.63) is 5.28 Å². The average Bonchev–Trinajstić information content (AvgIpc) is 2.39. The Hall–Kier alpha value is -1.14. The van der Waals surface area contributed by atoms with E-state index in [1.54, 1.807) is 0 Å². The third kappa shape index (κ3) is 3.93. The molecule has 2 atom stereocenters. The van der Waals surface area contributed by atoms with E-state index in [0.717, 1.165) is 32.5 Å². The van der Waals surface area contributed by atoms with Gasteiger partial charge < -0.3 is 15.0 Å². The molecule has 2 rings (SSSR count). The summed E-state index contributed by atoms with van der Waals surface area (Å²) in [5.41, 5.74) is 0. The standard InChI is InChI=1S/C13H22ClN5O/c1-4-19(5-2)13-17-11(14)16-12(18-13)15-10-6-7-20-9(3)8-10/h9-10H,4-8H2,1-3H3,(H,15,16,17,18). The van der Waals surface area contributed by atoms with Crippen LogP contribution in [-0.4, -0.2) is 46.8 Å². The second-order valence-electron chi connectivity index (χ2n) is 4.95. The molecule has 1 saturated heterocycles. The van der Waals surface area contributed by atoms with Crippen LogP contribution >= 0.6 is 11.6 Å². The molecular weight excluding hydrogens is 278 g/mol. The second kappa shape index (κ2) is 7.04. The predicted molar refractivity (Wildman–Crippen MR) is 80.5 cm³/mol. The SMILES string of the molecule is CCN(CC)c1nc(Cl)nc(NC2CCOC(C)C2)n1. The Morgan fingerprint density at radius 2 is 2.05 bits per heavy atom. The molecule has 0 spiro atoms. The van der Waals surface area contributed by atoms with Crippen LogP contribution in [0.3, 0.4) is 0 Å². The lowest BCUT2D eigenvalue weighted by molar-refractivity contribution is 0.0231. The van der Waals surface area contributed by atoms with Crippen LogP contribution < -0.4 is 10.2 Å². The van der Waals surface area contributed by atoms with Crippen molar-refractivity contribution in [2.45, 2.75) is 45.8 Å². The molecule has 0 aliphatic carbocycles. The Labute approximate surface area is 124 Å². The van der Waals surface area contributed by atoms with E-state index in [9.17, 15) is 0 Å². The molecule has 0 amide bonds. The molecule has 6 nitrogen and oxygen atoms in total. The van der Waals surface area contributed by atoms with Crippen LogP contribution in [-0.2, 0) is 4.74 Å². The topological polar surface area (TPSA) is 63.2 Å². The van der Waals surface area contributed by atoms with Gasteiger partial charge in [0, 0.05) is 25.7 Å². The second-order valence-corrected chi connectivity index (χ2v) is 5.29. The molecule has 1 aromatic heterocycles. The summed E-state index contributed by atoms with van der Waals surface area (Å²) < 4.78 is 5.54. The minimum absolute atomic E-state index is 0.226. The van der Waals surface area contributed by atoms with E-state index in [1.807, 2.05) is 4.90 Å². The molecule has 7 heteroatoms. The van der Waals surface area contributed by atoms with Crippen LogP contribution in [0.5, 0.6) is 0 Å². The molecule has 0 bridgehead atoms. The molecular formula is C13H22ClN5O. The van der Waals surface area contributed by atoms with Gasteiger partial charge in [-0.1, -0.05) is 0 Å². The van der Waals surface area contributed by atoms with Crippen molar-refractivity contribution in [1.29, 1.82) is 0 Å². The van der Waals surface area contributed by atoms with E-state index in [1.165, 1.54) is 0 Å². The van der Waals surface area contributed by atoms with Gasteiger partial charge >= 0.3 is 0 Å². The maximum Gasteiger partial charge on any atom is 0.231 e. The number of ether oxygens (including phenoxy) is 1. The molecule has 0 aromatic carbocycles. The number of anilines is 2. The predicted octanol–water partition coefficient (Wildman–Crippen LogP) is 2.35. The summed E-state index contributed by atoms with van der Waals surface area (Å²) in [6, 6.07) is 0.321. The lowest BCUT2D eigenvalue weighted by atomic mass is 10.0. The smallest absolute Gasteiger partial charge is 0.231 e. The number of nitrogens with one attached hydrogen (secondary N) is 1. The van der Waals surface area contributed by atoms with Gasteiger partial charge in [-0.25, -0.2) is 0 Å². The highest BCUT2D eigenvalue weighted by Crippen LogP contribution is 2.19. The molecule has 1 N–H and O–H groups in total. The van der Waals surface area contributed by atoms with E-state index in [-0.39, 0.29) is 11.4 Å². The molecule has 1 aliphatic rings. The maximum absolute atomic E-state index is 6.00. The number of hydrogen-bond donors (Lipinski definition) is 1. The van der Waals surface area contributed by atoms with Gasteiger partial charge in [0.2, 0.25) is 17.2 Å². The van der Waals surface area contributed by atoms with Crippen LogP contribution in [0.25, 0.3) is 0 Å². The van der Waals surface area contributed by atoms with Crippen LogP contribution in [0.1, 0.15) is 33.6 Å². The first kappa shape index (κ1) is 15.3. The minimum Gasteiger partial charge on any atom is -0.378 e. The molecule has 0 radical (unpaired) electrons. The van der Waals surface area contributed by atoms with Gasteiger partial charge in [0.15, 0.2) is 0 Å². The van der Waals surface area contributed by atoms with Crippen molar-refractivity contribution in [3.8, 4) is 0 Å². The number of rotatable bonds is 5. The van der Waals surface area contributed by atoms with Gasteiger partial charge in [0.1, 0.15) is 0 Å².